The van der Waals surface area contributed by atoms with Crippen LogP contribution in [0.15, 0.2) is 48.3 Å². The van der Waals surface area contributed by atoms with Crippen LogP contribution in [0.4, 0.5) is 0 Å². The second-order valence-electron chi connectivity index (χ2n) is 4.23. The van der Waals surface area contributed by atoms with Crippen LogP contribution in [-0.2, 0) is 0 Å². The molecule has 0 spiro atoms. The number of hydrogen-bond acceptors (Lipinski definition) is 2. The van der Waals surface area contributed by atoms with Gasteiger partial charge in [0.1, 0.15) is 0 Å². The zero-order valence-electron chi connectivity index (χ0n) is 9.63. The molecule has 3 nitrogen and oxygen atoms in total. The third kappa shape index (κ3) is 2.23. The van der Waals surface area contributed by atoms with Crippen LogP contribution in [0, 0.1) is 0 Å². The number of allylic oxidation sites excluding steroid dienone is 1. The van der Waals surface area contributed by atoms with Crippen molar-refractivity contribution in [2.24, 2.45) is 0 Å². The topological polar surface area (TPSA) is 29.9 Å². The third-order valence-electron chi connectivity index (χ3n) is 2.94. The smallest absolute Gasteiger partial charge is 0.0927 e. The van der Waals surface area contributed by atoms with E-state index < -0.39 is 0 Å². The lowest BCUT2D eigenvalue weighted by atomic mass is 10.2. The molecule has 17 heavy (non-hydrogen) atoms. The molecule has 0 bridgehead atoms. The van der Waals surface area contributed by atoms with Gasteiger partial charge in [-0.25, -0.2) is 4.68 Å². The lowest BCUT2D eigenvalue weighted by Gasteiger charge is -1.98. The van der Waals surface area contributed by atoms with Gasteiger partial charge in [-0.3, -0.25) is 0 Å². The molecule has 0 radical (unpaired) electrons. The largest absolute Gasteiger partial charge is 0.387 e. The van der Waals surface area contributed by atoms with Crippen molar-refractivity contribution in [3.05, 3.63) is 48.3 Å². The first kappa shape index (κ1) is 10.1. The molecule has 1 aromatic carbocycles. The van der Waals surface area contributed by atoms with E-state index in [-0.39, 0.29) is 0 Å². The maximum atomic E-state index is 4.54. The molecular weight excluding hydrogens is 210 g/mol. The summed E-state index contributed by atoms with van der Waals surface area (Å²) in [4.78, 5) is 0. The molecule has 1 saturated heterocycles. The van der Waals surface area contributed by atoms with E-state index in [0.717, 1.165) is 24.2 Å². The quantitative estimate of drug-likeness (QED) is 0.851. The highest BCUT2D eigenvalue weighted by atomic mass is 15.3. The molecule has 1 fully saturated rings. The van der Waals surface area contributed by atoms with Crippen molar-refractivity contribution in [3.63, 3.8) is 0 Å². The van der Waals surface area contributed by atoms with E-state index in [1.807, 2.05) is 35.1 Å². The van der Waals surface area contributed by atoms with Gasteiger partial charge in [-0.1, -0.05) is 30.3 Å². The Morgan fingerprint density at radius 3 is 2.82 bits per heavy atom. The molecule has 0 saturated carbocycles. The fourth-order valence-corrected chi connectivity index (χ4v) is 2.06. The van der Waals surface area contributed by atoms with Crippen LogP contribution in [0.25, 0.3) is 17.5 Å². The van der Waals surface area contributed by atoms with Crippen LogP contribution >= 0.6 is 0 Å². The Kier molecular flexibility index (Phi) is 2.66. The van der Waals surface area contributed by atoms with Gasteiger partial charge in [-0.15, -0.1) is 0 Å². The van der Waals surface area contributed by atoms with E-state index in [4.69, 9.17) is 0 Å². The van der Waals surface area contributed by atoms with Gasteiger partial charge in [0.25, 0.3) is 0 Å². The molecule has 2 heterocycles. The minimum absolute atomic E-state index is 1.01. The van der Waals surface area contributed by atoms with Crippen LogP contribution < -0.4 is 5.32 Å². The number of aromatic nitrogens is 2. The van der Waals surface area contributed by atoms with Crippen molar-refractivity contribution < 1.29 is 0 Å². The van der Waals surface area contributed by atoms with E-state index in [9.17, 15) is 0 Å². The molecule has 1 N–H and O–H groups in total. The Morgan fingerprint density at radius 1 is 1.18 bits per heavy atom. The first-order valence-corrected chi connectivity index (χ1v) is 5.97. The van der Waals surface area contributed by atoms with Crippen molar-refractivity contribution in [1.82, 2.24) is 15.1 Å². The van der Waals surface area contributed by atoms with E-state index in [1.54, 1.807) is 0 Å². The number of rotatable bonds is 2. The molecule has 1 aromatic heterocycles. The van der Waals surface area contributed by atoms with Gasteiger partial charge in [0.2, 0.25) is 0 Å². The average Bonchev–Trinajstić information content (AvgIpc) is 3.02. The van der Waals surface area contributed by atoms with Crippen LogP contribution in [0.1, 0.15) is 12.8 Å². The van der Waals surface area contributed by atoms with Crippen molar-refractivity contribution in [1.29, 1.82) is 0 Å². The Hall–Kier alpha value is -2.03. The highest BCUT2D eigenvalue weighted by Crippen LogP contribution is 2.17. The number of nitrogens with zero attached hydrogens (tertiary/aromatic N) is 2. The van der Waals surface area contributed by atoms with Crippen molar-refractivity contribution in [3.8, 4) is 11.3 Å². The molecule has 3 heteroatoms. The van der Waals surface area contributed by atoms with E-state index in [0.29, 0.717) is 0 Å². The Labute approximate surface area is 101 Å². The fourth-order valence-electron chi connectivity index (χ4n) is 2.06. The summed E-state index contributed by atoms with van der Waals surface area (Å²) in [6, 6.07) is 12.3. The number of benzene rings is 1. The van der Waals surface area contributed by atoms with Gasteiger partial charge >= 0.3 is 0 Å². The summed E-state index contributed by atoms with van der Waals surface area (Å²) in [7, 11) is 0. The molecule has 0 amide bonds. The summed E-state index contributed by atoms with van der Waals surface area (Å²) in [6.07, 6.45) is 6.41. The van der Waals surface area contributed by atoms with E-state index in [2.05, 4.69) is 28.7 Å². The second kappa shape index (κ2) is 4.45. The van der Waals surface area contributed by atoms with Crippen LogP contribution in [0.2, 0.25) is 0 Å². The molecule has 2 aromatic rings. The molecule has 1 aliphatic heterocycles. The minimum atomic E-state index is 1.01. The molecule has 3 rings (SSSR count). The minimum Gasteiger partial charge on any atom is -0.387 e. The van der Waals surface area contributed by atoms with E-state index in [1.165, 1.54) is 12.1 Å². The fraction of sp³-hybridized carbons (Fsp3) is 0.214. The summed E-state index contributed by atoms with van der Waals surface area (Å²) < 4.78 is 1.88. The SMILES string of the molecule is C(=C1/CCCN1)/n1ccc(-c2ccccc2)n1. The summed E-state index contributed by atoms with van der Waals surface area (Å²) in [5.74, 6) is 0. The molecule has 86 valence electrons. The van der Waals surface area contributed by atoms with E-state index >= 15 is 0 Å². The monoisotopic (exact) mass is 225 g/mol. The zero-order chi connectivity index (χ0) is 11.5. The normalized spacial score (nSPS) is 17.3. The first-order valence-electron chi connectivity index (χ1n) is 5.97. The lowest BCUT2D eigenvalue weighted by molar-refractivity contribution is 0.891. The van der Waals surface area contributed by atoms with Crippen molar-refractivity contribution in [2.45, 2.75) is 12.8 Å². The Bertz CT molecular complexity index is 517. The number of nitrogens with one attached hydrogen (secondary N) is 1. The maximum Gasteiger partial charge on any atom is 0.0927 e. The van der Waals surface area contributed by atoms with Gasteiger partial charge in [0.15, 0.2) is 0 Å². The third-order valence-corrected chi connectivity index (χ3v) is 2.94. The summed E-state index contributed by atoms with van der Waals surface area (Å²) >= 11 is 0. The van der Waals surface area contributed by atoms with Gasteiger partial charge < -0.3 is 5.32 Å². The molecule has 0 atom stereocenters. The first-order chi connectivity index (χ1) is 8.42. The predicted octanol–water partition coefficient (Wildman–Crippen LogP) is 2.73. The zero-order valence-corrected chi connectivity index (χ0v) is 9.63. The highest BCUT2D eigenvalue weighted by molar-refractivity contribution is 5.58. The molecular formula is C14H15N3. The standard InChI is InChI=1S/C14H15N3/c1-2-5-12(6-3-1)14-8-10-17(16-14)11-13-7-4-9-15-13/h1-3,5-6,8,10-11,15H,4,7,9H2/b13-11+. The highest BCUT2D eigenvalue weighted by Gasteiger charge is 2.05. The van der Waals surface area contributed by atoms with Gasteiger partial charge in [-0.05, 0) is 18.9 Å². The molecule has 0 aliphatic carbocycles. The summed E-state index contributed by atoms with van der Waals surface area (Å²) in [6.45, 7) is 1.08. The van der Waals surface area contributed by atoms with Crippen LogP contribution in [-0.4, -0.2) is 16.3 Å². The van der Waals surface area contributed by atoms with Gasteiger partial charge in [0.05, 0.1) is 5.69 Å². The van der Waals surface area contributed by atoms with Crippen LogP contribution in [0.3, 0.4) is 0 Å². The van der Waals surface area contributed by atoms with Gasteiger partial charge in [-0.2, -0.15) is 5.10 Å². The Balaban J connectivity index is 1.86. The Morgan fingerprint density at radius 2 is 2.06 bits per heavy atom. The van der Waals surface area contributed by atoms with Crippen LogP contribution in [0.5, 0.6) is 0 Å². The maximum absolute atomic E-state index is 4.54. The molecule has 1 aliphatic rings. The average molecular weight is 225 g/mol. The number of hydrogen-bond donors (Lipinski definition) is 1. The van der Waals surface area contributed by atoms with Crippen molar-refractivity contribution in [2.75, 3.05) is 6.54 Å². The second-order valence-corrected chi connectivity index (χ2v) is 4.23. The molecule has 0 unspecified atom stereocenters. The predicted molar refractivity (Wildman–Crippen MR) is 69.2 cm³/mol. The lowest BCUT2D eigenvalue weighted by Crippen LogP contribution is -2.04. The summed E-state index contributed by atoms with van der Waals surface area (Å²) in [5.41, 5.74) is 3.44. The van der Waals surface area contributed by atoms with Crippen molar-refractivity contribution >= 4 is 6.20 Å². The summed E-state index contributed by atoms with van der Waals surface area (Å²) in [5, 5.41) is 7.90. The van der Waals surface area contributed by atoms with Gasteiger partial charge in [0, 0.05) is 30.2 Å².